The van der Waals surface area contributed by atoms with Crippen LogP contribution in [0.1, 0.15) is 29.8 Å². The molecule has 1 amide bonds. The number of sulfonamides is 1. The fourth-order valence-corrected chi connectivity index (χ4v) is 5.17. The third-order valence-electron chi connectivity index (χ3n) is 5.44. The summed E-state index contributed by atoms with van der Waals surface area (Å²) in [5, 5.41) is 2.93. The van der Waals surface area contributed by atoms with E-state index in [0.717, 1.165) is 11.3 Å². The lowest BCUT2D eigenvalue weighted by Gasteiger charge is -2.31. The van der Waals surface area contributed by atoms with E-state index in [-0.39, 0.29) is 10.8 Å². The second-order valence-corrected chi connectivity index (χ2v) is 9.39. The van der Waals surface area contributed by atoms with Gasteiger partial charge in [0.2, 0.25) is 10.0 Å². The van der Waals surface area contributed by atoms with Crippen molar-refractivity contribution in [2.75, 3.05) is 56.7 Å². The van der Waals surface area contributed by atoms with Crippen LogP contribution in [0.2, 0.25) is 0 Å². The fraction of sp³-hybridized carbons (Fsp3) is 0.435. The number of benzene rings is 2. The third-order valence-corrected chi connectivity index (χ3v) is 7.48. The summed E-state index contributed by atoms with van der Waals surface area (Å²) in [6.07, 6.45) is 0. The van der Waals surface area contributed by atoms with Gasteiger partial charge in [-0.1, -0.05) is 26.0 Å². The Bertz CT molecular complexity index is 1010. The number of rotatable bonds is 9. The standard InChI is InChI=1S/C23H31N3O5S/c1-4-26(5-2)32(28,29)20-10-11-22(25-12-14-31-15-13-25)21(16-20)24-23(27)19-8-6-18(7-9-19)17-30-3/h6-11,16H,4-5,12-15,17H2,1-3H3,(H,24,27). The summed E-state index contributed by atoms with van der Waals surface area (Å²) >= 11 is 0. The van der Waals surface area contributed by atoms with Gasteiger partial charge in [0.1, 0.15) is 0 Å². The SMILES string of the molecule is CCN(CC)S(=O)(=O)c1ccc(N2CCOCC2)c(NC(=O)c2ccc(COC)cc2)c1. The average molecular weight is 462 g/mol. The van der Waals surface area contributed by atoms with E-state index in [1.807, 2.05) is 12.1 Å². The maximum atomic E-state index is 13.1. The van der Waals surface area contributed by atoms with E-state index in [1.165, 1.54) is 4.31 Å². The highest BCUT2D eigenvalue weighted by Gasteiger charge is 2.25. The molecule has 2 aromatic carbocycles. The predicted octanol–water partition coefficient (Wildman–Crippen LogP) is 2.95. The van der Waals surface area contributed by atoms with Crippen LogP contribution in [0.25, 0.3) is 0 Å². The largest absolute Gasteiger partial charge is 0.380 e. The number of carbonyl (C=O) groups excluding carboxylic acids is 1. The number of carbonyl (C=O) groups is 1. The molecule has 0 bridgehead atoms. The zero-order valence-electron chi connectivity index (χ0n) is 18.8. The summed E-state index contributed by atoms with van der Waals surface area (Å²) < 4.78 is 38.1. The van der Waals surface area contributed by atoms with Gasteiger partial charge in [0, 0.05) is 38.9 Å². The van der Waals surface area contributed by atoms with E-state index in [4.69, 9.17) is 9.47 Å². The molecule has 0 radical (unpaired) electrons. The van der Waals surface area contributed by atoms with Crippen LogP contribution in [0.4, 0.5) is 11.4 Å². The first kappa shape index (κ1) is 24.2. The first-order chi connectivity index (χ1) is 15.4. The Hall–Kier alpha value is -2.46. The van der Waals surface area contributed by atoms with Gasteiger partial charge in [-0.3, -0.25) is 4.79 Å². The molecule has 1 saturated heterocycles. The summed E-state index contributed by atoms with van der Waals surface area (Å²) in [6.45, 7) is 7.31. The first-order valence-electron chi connectivity index (χ1n) is 10.8. The number of methoxy groups -OCH3 is 1. The first-order valence-corrected chi connectivity index (χ1v) is 12.2. The predicted molar refractivity (Wildman–Crippen MR) is 125 cm³/mol. The van der Waals surface area contributed by atoms with Crippen molar-refractivity contribution in [2.45, 2.75) is 25.3 Å². The number of nitrogens with zero attached hydrogens (tertiary/aromatic N) is 2. The fourth-order valence-electron chi connectivity index (χ4n) is 3.68. The number of ether oxygens (including phenoxy) is 2. The van der Waals surface area contributed by atoms with Gasteiger partial charge in [0.05, 0.1) is 36.1 Å². The lowest BCUT2D eigenvalue weighted by atomic mass is 10.1. The van der Waals surface area contributed by atoms with Gasteiger partial charge in [0.15, 0.2) is 0 Å². The molecule has 0 atom stereocenters. The molecule has 1 aliphatic rings. The molecule has 0 saturated carbocycles. The summed E-state index contributed by atoms with van der Waals surface area (Å²) in [5.41, 5.74) is 2.68. The number of hydrogen-bond acceptors (Lipinski definition) is 6. The van der Waals surface area contributed by atoms with Gasteiger partial charge in [0.25, 0.3) is 5.91 Å². The maximum Gasteiger partial charge on any atom is 0.255 e. The second kappa shape index (κ2) is 10.9. The Morgan fingerprint density at radius 2 is 1.75 bits per heavy atom. The van der Waals surface area contributed by atoms with Crippen molar-refractivity contribution in [2.24, 2.45) is 0 Å². The molecule has 9 heteroatoms. The van der Waals surface area contributed by atoms with Crippen LogP contribution in [-0.2, 0) is 26.1 Å². The van der Waals surface area contributed by atoms with Gasteiger partial charge in [-0.15, -0.1) is 0 Å². The van der Waals surface area contributed by atoms with Gasteiger partial charge in [-0.05, 0) is 35.9 Å². The van der Waals surface area contributed by atoms with Crippen molar-refractivity contribution in [3.05, 3.63) is 53.6 Å². The van der Waals surface area contributed by atoms with Crippen LogP contribution < -0.4 is 10.2 Å². The summed E-state index contributed by atoms with van der Waals surface area (Å²) in [4.78, 5) is 15.2. The van der Waals surface area contributed by atoms with E-state index in [0.29, 0.717) is 57.3 Å². The maximum absolute atomic E-state index is 13.1. The third kappa shape index (κ3) is 5.47. The van der Waals surface area contributed by atoms with Crippen molar-refractivity contribution < 1.29 is 22.7 Å². The molecule has 2 aromatic rings. The molecule has 1 fully saturated rings. The molecule has 1 heterocycles. The highest BCUT2D eigenvalue weighted by atomic mass is 32.2. The molecule has 1 aliphatic heterocycles. The van der Waals surface area contributed by atoms with Crippen LogP contribution in [-0.4, -0.2) is 65.1 Å². The van der Waals surface area contributed by atoms with Crippen LogP contribution in [0, 0.1) is 0 Å². The van der Waals surface area contributed by atoms with Gasteiger partial charge >= 0.3 is 0 Å². The summed E-state index contributed by atoms with van der Waals surface area (Å²) in [5.74, 6) is -0.305. The molecule has 8 nitrogen and oxygen atoms in total. The van der Waals surface area contributed by atoms with E-state index in [1.54, 1.807) is 51.3 Å². The van der Waals surface area contributed by atoms with Crippen molar-refractivity contribution in [3.8, 4) is 0 Å². The quantitative estimate of drug-likeness (QED) is 0.618. The molecule has 0 aromatic heterocycles. The minimum absolute atomic E-state index is 0.156. The number of amides is 1. The number of anilines is 2. The normalized spacial score (nSPS) is 14.6. The van der Waals surface area contributed by atoms with Crippen LogP contribution in [0.15, 0.2) is 47.4 Å². The summed E-state index contributed by atoms with van der Waals surface area (Å²) in [6, 6.07) is 12.1. The smallest absolute Gasteiger partial charge is 0.255 e. The summed E-state index contributed by atoms with van der Waals surface area (Å²) in [7, 11) is -2.04. The molecule has 3 rings (SSSR count). The molecule has 32 heavy (non-hydrogen) atoms. The average Bonchev–Trinajstić information content (AvgIpc) is 2.81. The van der Waals surface area contributed by atoms with Crippen molar-refractivity contribution >= 4 is 27.3 Å². The minimum Gasteiger partial charge on any atom is -0.380 e. The highest BCUT2D eigenvalue weighted by Crippen LogP contribution is 2.31. The van der Waals surface area contributed by atoms with Crippen molar-refractivity contribution in [3.63, 3.8) is 0 Å². The van der Waals surface area contributed by atoms with Crippen LogP contribution >= 0.6 is 0 Å². The topological polar surface area (TPSA) is 88.2 Å². The molecule has 174 valence electrons. The van der Waals surface area contributed by atoms with E-state index in [9.17, 15) is 13.2 Å². The van der Waals surface area contributed by atoms with E-state index in [2.05, 4.69) is 10.2 Å². The van der Waals surface area contributed by atoms with Crippen molar-refractivity contribution in [1.29, 1.82) is 0 Å². The zero-order chi connectivity index (χ0) is 23.1. The number of hydrogen-bond donors (Lipinski definition) is 1. The molecule has 1 N–H and O–H groups in total. The van der Waals surface area contributed by atoms with E-state index >= 15 is 0 Å². The molecule has 0 spiro atoms. The number of morpholine rings is 1. The second-order valence-electron chi connectivity index (χ2n) is 7.45. The van der Waals surface area contributed by atoms with Gasteiger partial charge < -0.3 is 19.7 Å². The van der Waals surface area contributed by atoms with Crippen LogP contribution in [0.3, 0.4) is 0 Å². The minimum atomic E-state index is -3.66. The Morgan fingerprint density at radius 1 is 1.09 bits per heavy atom. The molecular weight excluding hydrogens is 430 g/mol. The Labute approximate surface area is 190 Å². The Morgan fingerprint density at radius 3 is 2.34 bits per heavy atom. The van der Waals surface area contributed by atoms with E-state index < -0.39 is 10.0 Å². The number of nitrogens with one attached hydrogen (secondary N) is 1. The Balaban J connectivity index is 1.95. The van der Waals surface area contributed by atoms with Gasteiger partial charge in [-0.2, -0.15) is 4.31 Å². The monoisotopic (exact) mass is 461 g/mol. The van der Waals surface area contributed by atoms with Crippen molar-refractivity contribution in [1.82, 2.24) is 4.31 Å². The highest BCUT2D eigenvalue weighted by molar-refractivity contribution is 7.89. The zero-order valence-corrected chi connectivity index (χ0v) is 19.7. The lowest BCUT2D eigenvalue weighted by Crippen LogP contribution is -2.37. The molecule has 0 aliphatic carbocycles. The molecule has 0 unspecified atom stereocenters. The lowest BCUT2D eigenvalue weighted by molar-refractivity contribution is 0.102. The van der Waals surface area contributed by atoms with Gasteiger partial charge in [-0.25, -0.2) is 8.42 Å². The Kier molecular flexibility index (Phi) is 8.25. The van der Waals surface area contributed by atoms with Crippen LogP contribution in [0.5, 0.6) is 0 Å². The molecular formula is C23H31N3O5S.